The van der Waals surface area contributed by atoms with Crippen molar-refractivity contribution in [3.8, 4) is 0 Å². The minimum atomic E-state index is -2.44. The van der Waals surface area contributed by atoms with Crippen molar-refractivity contribution in [2.45, 2.75) is 92.2 Å². The Labute approximate surface area is 182 Å². The summed E-state index contributed by atoms with van der Waals surface area (Å²) in [6, 6.07) is 8.85. The summed E-state index contributed by atoms with van der Waals surface area (Å²) < 4.78 is 6.46. The summed E-state index contributed by atoms with van der Waals surface area (Å²) in [4.78, 5) is 0. The molecule has 0 N–H and O–H groups in total. The monoisotopic (exact) mass is 528 g/mol. The molecule has 0 atom stereocenters. The Morgan fingerprint density at radius 2 is 1.33 bits per heavy atom. The molecule has 0 saturated carbocycles. The molecule has 0 spiro atoms. The Hall–Kier alpha value is 0.482. The van der Waals surface area contributed by atoms with Crippen molar-refractivity contribution >= 4 is 50.2 Å². The molecule has 1 rings (SSSR count). The second-order valence-corrected chi connectivity index (χ2v) is 33.1. The number of hydrogen-bond donors (Lipinski definition) is 0. The molecular formula is C23H41ClSi2Sn. The van der Waals surface area contributed by atoms with Gasteiger partial charge >= 0.3 is 183 Å². The molecule has 0 aliphatic rings. The molecule has 0 fully saturated rings. The Morgan fingerprint density at radius 3 is 1.70 bits per heavy atom. The van der Waals surface area contributed by atoms with E-state index in [1.807, 2.05) is 3.59 Å². The summed E-state index contributed by atoms with van der Waals surface area (Å²) in [7, 11) is -0.0475. The van der Waals surface area contributed by atoms with Gasteiger partial charge in [0.15, 0.2) is 0 Å². The first-order chi connectivity index (χ1) is 12.8. The number of rotatable bonds is 13. The van der Waals surface area contributed by atoms with Gasteiger partial charge in [0.2, 0.25) is 0 Å². The summed E-state index contributed by atoms with van der Waals surface area (Å²) in [6.45, 7) is 14.7. The predicted octanol–water partition coefficient (Wildman–Crippen LogP) is 8.61. The van der Waals surface area contributed by atoms with E-state index in [-0.39, 0.29) is 0 Å². The maximum atomic E-state index is 6.24. The van der Waals surface area contributed by atoms with Crippen molar-refractivity contribution in [3.05, 3.63) is 40.6 Å². The molecule has 2 radical (unpaired) electrons. The van der Waals surface area contributed by atoms with E-state index < -0.39 is 26.0 Å². The second kappa shape index (κ2) is 12.9. The zero-order chi connectivity index (χ0) is 20.3. The molecule has 1 aromatic carbocycles. The van der Waals surface area contributed by atoms with Gasteiger partial charge in [0.25, 0.3) is 0 Å². The summed E-state index contributed by atoms with van der Waals surface area (Å²) in [6.07, 6.45) is 8.27. The van der Waals surface area contributed by atoms with E-state index in [1.165, 1.54) is 57.4 Å². The summed E-state index contributed by atoms with van der Waals surface area (Å²) in [5.74, 6) is 0. The molecule has 152 valence electrons. The van der Waals surface area contributed by atoms with Gasteiger partial charge in [-0.25, -0.2) is 0 Å². The van der Waals surface area contributed by atoms with Crippen molar-refractivity contribution in [1.82, 2.24) is 0 Å². The number of hydrogen-bond acceptors (Lipinski definition) is 0. The van der Waals surface area contributed by atoms with Crippen LogP contribution >= 0.6 is 11.6 Å². The van der Waals surface area contributed by atoms with Crippen LogP contribution in [-0.2, 0) is 0 Å². The third-order valence-electron chi connectivity index (χ3n) is 5.40. The number of halogens is 1. The first-order valence-corrected chi connectivity index (χ1v) is 24.5. The Kier molecular flexibility index (Phi) is 12.2. The van der Waals surface area contributed by atoms with E-state index in [9.17, 15) is 0 Å². The molecule has 0 nitrogen and oxygen atoms in total. The molecule has 1 aromatic rings. The molecule has 0 heterocycles. The van der Waals surface area contributed by atoms with Crippen LogP contribution in [0.2, 0.25) is 38.0 Å². The molecule has 0 amide bonds. The standard InChI is InChI=1S/C11H14ClSi2.3C4H9.Sn/c1-14(2,3)13-9-8-10-4-6-11(12)7-5-10;3*1-3-4-2;/h4-7,9H,1-3H3;3*1,3-4H2,2H3;. The normalized spacial score (nSPS) is 13.2. The summed E-state index contributed by atoms with van der Waals surface area (Å²) >= 11 is 3.80. The Balaban J connectivity index is 3.45. The van der Waals surface area contributed by atoms with Crippen LogP contribution in [0.25, 0.3) is 3.59 Å². The molecule has 0 aliphatic carbocycles. The van der Waals surface area contributed by atoms with Crippen molar-refractivity contribution in [3.63, 3.8) is 0 Å². The minimum absolute atomic E-state index is 0.863. The van der Waals surface area contributed by atoms with Gasteiger partial charge in [-0.05, 0) is 0 Å². The van der Waals surface area contributed by atoms with Gasteiger partial charge in [-0.2, -0.15) is 0 Å². The van der Waals surface area contributed by atoms with Gasteiger partial charge in [0.05, 0.1) is 0 Å². The van der Waals surface area contributed by atoms with E-state index in [1.54, 1.807) is 0 Å². The fraction of sp³-hybridized carbons (Fsp3) is 0.652. The van der Waals surface area contributed by atoms with E-state index in [2.05, 4.69) is 70.4 Å². The SMILES string of the molecule is CCC[CH2][Sn]([CH2]CCC)([CH2]CCC)/[C](=C\[Si][Si](C)(C)C)c1ccc(Cl)cc1. The molecule has 0 saturated heterocycles. The topological polar surface area (TPSA) is 0 Å². The van der Waals surface area contributed by atoms with E-state index >= 15 is 0 Å². The van der Waals surface area contributed by atoms with E-state index in [0.29, 0.717) is 0 Å². The Bertz CT molecular complexity index is 539. The fourth-order valence-corrected chi connectivity index (χ4v) is 26.7. The van der Waals surface area contributed by atoms with Gasteiger partial charge in [0, 0.05) is 0 Å². The molecule has 0 bridgehead atoms. The maximum absolute atomic E-state index is 6.24. The van der Waals surface area contributed by atoms with Crippen LogP contribution in [-0.4, -0.2) is 35.0 Å². The Morgan fingerprint density at radius 1 is 0.889 bits per heavy atom. The molecular weight excluding hydrogens is 487 g/mol. The van der Waals surface area contributed by atoms with Crippen LogP contribution in [0.15, 0.2) is 30.0 Å². The van der Waals surface area contributed by atoms with Crippen LogP contribution < -0.4 is 0 Å². The van der Waals surface area contributed by atoms with Gasteiger partial charge in [-0.3, -0.25) is 0 Å². The number of unbranched alkanes of at least 4 members (excludes halogenated alkanes) is 3. The third-order valence-corrected chi connectivity index (χ3v) is 26.5. The van der Waals surface area contributed by atoms with Crippen LogP contribution in [0, 0.1) is 0 Å². The quantitative estimate of drug-likeness (QED) is 0.225. The molecule has 27 heavy (non-hydrogen) atoms. The molecule has 0 aliphatic heterocycles. The molecule has 0 unspecified atom stereocenters. The van der Waals surface area contributed by atoms with Crippen LogP contribution in [0.5, 0.6) is 0 Å². The molecule has 0 aromatic heterocycles. The zero-order valence-corrected chi connectivity index (χ0v) is 24.2. The summed E-state index contributed by atoms with van der Waals surface area (Å²) in [5, 5.41) is 0.863. The van der Waals surface area contributed by atoms with Gasteiger partial charge in [-0.15, -0.1) is 0 Å². The fourth-order valence-electron chi connectivity index (χ4n) is 3.79. The van der Waals surface area contributed by atoms with Crippen molar-refractivity contribution in [1.29, 1.82) is 0 Å². The number of benzene rings is 1. The van der Waals surface area contributed by atoms with Crippen molar-refractivity contribution in [2.24, 2.45) is 0 Å². The second-order valence-electron chi connectivity index (χ2n) is 9.05. The predicted molar refractivity (Wildman–Crippen MR) is 133 cm³/mol. The zero-order valence-electron chi connectivity index (χ0n) is 18.6. The van der Waals surface area contributed by atoms with Crippen LogP contribution in [0.4, 0.5) is 0 Å². The van der Waals surface area contributed by atoms with Crippen LogP contribution in [0.1, 0.15) is 64.9 Å². The third kappa shape index (κ3) is 9.22. The van der Waals surface area contributed by atoms with Crippen molar-refractivity contribution < 1.29 is 0 Å². The van der Waals surface area contributed by atoms with Crippen LogP contribution in [0.3, 0.4) is 0 Å². The summed E-state index contributed by atoms with van der Waals surface area (Å²) in [5.41, 5.74) is 4.26. The average molecular weight is 528 g/mol. The van der Waals surface area contributed by atoms with E-state index in [4.69, 9.17) is 11.6 Å². The first kappa shape index (κ1) is 25.5. The first-order valence-electron chi connectivity index (χ1n) is 11.0. The van der Waals surface area contributed by atoms with Gasteiger partial charge in [-0.1, -0.05) is 0 Å². The van der Waals surface area contributed by atoms with Crippen molar-refractivity contribution in [2.75, 3.05) is 0 Å². The van der Waals surface area contributed by atoms with Gasteiger partial charge in [0.1, 0.15) is 0 Å². The van der Waals surface area contributed by atoms with E-state index in [0.717, 1.165) is 14.1 Å². The average Bonchev–Trinajstić information content (AvgIpc) is 2.63. The van der Waals surface area contributed by atoms with Gasteiger partial charge < -0.3 is 0 Å². The molecule has 4 heteroatoms.